The van der Waals surface area contributed by atoms with Crippen LogP contribution in [0.25, 0.3) is 0 Å². The second-order valence-corrected chi connectivity index (χ2v) is 7.35. The third-order valence-corrected chi connectivity index (χ3v) is 5.82. The molecule has 2 atom stereocenters. The van der Waals surface area contributed by atoms with Crippen LogP contribution in [0.5, 0.6) is 11.5 Å². The lowest BCUT2D eigenvalue weighted by Crippen LogP contribution is -2.33. The molecule has 0 N–H and O–H groups in total. The van der Waals surface area contributed by atoms with Crippen molar-refractivity contribution in [2.45, 2.75) is 18.7 Å². The van der Waals surface area contributed by atoms with E-state index in [-0.39, 0.29) is 12.3 Å². The highest BCUT2D eigenvalue weighted by atomic mass is 32.1. The summed E-state index contributed by atoms with van der Waals surface area (Å²) in [6.07, 6.45) is 0.659. The Hall–Kier alpha value is -2.79. The summed E-state index contributed by atoms with van der Waals surface area (Å²) in [5.74, 6) is 1.78. The number of thiophene rings is 1. The van der Waals surface area contributed by atoms with Gasteiger partial charge in [-0.1, -0.05) is 24.3 Å². The summed E-state index contributed by atoms with van der Waals surface area (Å²) in [5.41, 5.74) is 3.40. The summed E-state index contributed by atoms with van der Waals surface area (Å²) in [6, 6.07) is 20.7. The van der Waals surface area contributed by atoms with E-state index in [9.17, 15) is 0 Å². The fourth-order valence-corrected chi connectivity index (χ4v) is 4.34. The summed E-state index contributed by atoms with van der Waals surface area (Å²) in [4.78, 5) is 1.23. The van der Waals surface area contributed by atoms with Crippen molar-refractivity contribution in [2.75, 3.05) is 7.11 Å². The van der Waals surface area contributed by atoms with Gasteiger partial charge in [-0.25, -0.2) is 5.01 Å². The molecular weight excluding hydrogens is 344 g/mol. The lowest BCUT2D eigenvalue weighted by atomic mass is 9.98. The smallest absolute Gasteiger partial charge is 0.213 e. The Balaban J connectivity index is 1.58. The minimum absolute atomic E-state index is 0.198. The molecule has 2 unspecified atom stereocenters. The molecule has 5 heteroatoms. The van der Waals surface area contributed by atoms with Crippen molar-refractivity contribution in [3.8, 4) is 11.5 Å². The van der Waals surface area contributed by atoms with Gasteiger partial charge in [0.1, 0.15) is 11.5 Å². The Morgan fingerprint density at radius 2 is 1.92 bits per heavy atom. The Morgan fingerprint density at radius 1 is 1.08 bits per heavy atom. The fraction of sp³-hybridized carbons (Fsp3) is 0.190. The number of hydrogen-bond donors (Lipinski definition) is 0. The first kappa shape index (κ1) is 15.5. The van der Waals surface area contributed by atoms with Crippen molar-refractivity contribution in [2.24, 2.45) is 5.10 Å². The molecule has 0 bridgehead atoms. The molecule has 0 spiro atoms. The van der Waals surface area contributed by atoms with Crippen LogP contribution in [0.3, 0.4) is 0 Å². The maximum atomic E-state index is 6.35. The SMILES string of the molecule is COc1ccc(C2Oc3ccccc3C3CC(c4cccs4)=NN32)cc1. The van der Waals surface area contributed by atoms with Gasteiger partial charge in [-0.15, -0.1) is 11.3 Å². The minimum atomic E-state index is -0.238. The van der Waals surface area contributed by atoms with E-state index in [0.717, 1.165) is 29.2 Å². The van der Waals surface area contributed by atoms with Crippen LogP contribution >= 0.6 is 11.3 Å². The predicted molar refractivity (Wildman–Crippen MR) is 103 cm³/mol. The zero-order valence-electron chi connectivity index (χ0n) is 14.3. The van der Waals surface area contributed by atoms with Gasteiger partial charge in [0.15, 0.2) is 0 Å². The Bertz CT molecular complexity index is 950. The van der Waals surface area contributed by atoms with E-state index in [2.05, 4.69) is 34.7 Å². The Labute approximate surface area is 156 Å². The third kappa shape index (κ3) is 2.47. The molecule has 4 nitrogen and oxygen atoms in total. The van der Waals surface area contributed by atoms with Crippen LogP contribution in [0, 0.1) is 0 Å². The van der Waals surface area contributed by atoms with Gasteiger partial charge in [-0.05, 0) is 41.8 Å². The largest absolute Gasteiger partial charge is 0.497 e. The maximum absolute atomic E-state index is 6.35. The summed E-state index contributed by atoms with van der Waals surface area (Å²) < 4.78 is 11.6. The summed E-state index contributed by atoms with van der Waals surface area (Å²) >= 11 is 1.73. The van der Waals surface area contributed by atoms with Gasteiger partial charge in [0.25, 0.3) is 0 Å². The molecule has 2 aromatic carbocycles. The zero-order chi connectivity index (χ0) is 17.5. The van der Waals surface area contributed by atoms with E-state index in [1.165, 1.54) is 10.4 Å². The maximum Gasteiger partial charge on any atom is 0.213 e. The van der Waals surface area contributed by atoms with E-state index >= 15 is 0 Å². The number of fused-ring (bicyclic) bond motifs is 3. The minimum Gasteiger partial charge on any atom is -0.497 e. The van der Waals surface area contributed by atoms with Gasteiger partial charge < -0.3 is 9.47 Å². The molecule has 3 aromatic rings. The van der Waals surface area contributed by atoms with Gasteiger partial charge >= 0.3 is 0 Å². The fourth-order valence-electron chi connectivity index (χ4n) is 3.61. The Kier molecular flexibility index (Phi) is 3.68. The van der Waals surface area contributed by atoms with Crippen molar-refractivity contribution in [3.05, 3.63) is 82.0 Å². The number of para-hydroxylation sites is 1. The second-order valence-electron chi connectivity index (χ2n) is 6.41. The number of benzene rings is 2. The number of hydrazone groups is 1. The summed E-state index contributed by atoms with van der Waals surface area (Å²) in [7, 11) is 1.68. The first-order valence-corrected chi connectivity index (χ1v) is 9.50. The van der Waals surface area contributed by atoms with Gasteiger partial charge in [0.2, 0.25) is 6.23 Å². The van der Waals surface area contributed by atoms with Crippen LogP contribution in [0.1, 0.15) is 34.7 Å². The van der Waals surface area contributed by atoms with Crippen molar-refractivity contribution in [3.63, 3.8) is 0 Å². The van der Waals surface area contributed by atoms with E-state index in [4.69, 9.17) is 14.6 Å². The van der Waals surface area contributed by atoms with E-state index in [1.807, 2.05) is 36.4 Å². The van der Waals surface area contributed by atoms with Gasteiger partial charge in [-0.3, -0.25) is 0 Å². The lowest BCUT2D eigenvalue weighted by molar-refractivity contribution is -0.0190. The topological polar surface area (TPSA) is 34.1 Å². The summed E-state index contributed by atoms with van der Waals surface area (Å²) in [5, 5.41) is 9.16. The van der Waals surface area contributed by atoms with Gasteiger partial charge in [-0.2, -0.15) is 5.10 Å². The first-order chi connectivity index (χ1) is 12.8. The number of methoxy groups -OCH3 is 1. The van der Waals surface area contributed by atoms with Crippen LogP contribution < -0.4 is 9.47 Å². The van der Waals surface area contributed by atoms with Crippen LogP contribution in [0.4, 0.5) is 0 Å². The molecule has 2 aliphatic rings. The van der Waals surface area contributed by atoms with Crippen molar-refractivity contribution in [1.29, 1.82) is 0 Å². The average molecular weight is 362 g/mol. The number of hydrogen-bond acceptors (Lipinski definition) is 5. The molecule has 0 amide bonds. The number of rotatable bonds is 3. The zero-order valence-corrected chi connectivity index (χ0v) is 15.1. The normalized spacial score (nSPS) is 20.8. The molecular formula is C21H18N2O2S. The molecule has 0 saturated heterocycles. The molecule has 0 aliphatic carbocycles. The highest BCUT2D eigenvalue weighted by Gasteiger charge is 2.40. The molecule has 1 aromatic heterocycles. The van der Waals surface area contributed by atoms with Gasteiger partial charge in [0, 0.05) is 17.5 Å². The quantitative estimate of drug-likeness (QED) is 0.658. The lowest BCUT2D eigenvalue weighted by Gasteiger charge is -2.38. The van der Waals surface area contributed by atoms with E-state index in [0.29, 0.717) is 0 Å². The van der Waals surface area contributed by atoms with Crippen molar-refractivity contribution >= 4 is 17.0 Å². The molecule has 0 fully saturated rings. The van der Waals surface area contributed by atoms with Crippen molar-refractivity contribution in [1.82, 2.24) is 5.01 Å². The molecule has 26 heavy (non-hydrogen) atoms. The van der Waals surface area contributed by atoms with Crippen LogP contribution in [-0.4, -0.2) is 17.8 Å². The van der Waals surface area contributed by atoms with Crippen molar-refractivity contribution < 1.29 is 9.47 Å². The number of nitrogens with zero attached hydrogens (tertiary/aromatic N) is 2. The van der Waals surface area contributed by atoms with E-state index in [1.54, 1.807) is 18.4 Å². The molecule has 0 radical (unpaired) electrons. The van der Waals surface area contributed by atoms with Crippen LogP contribution in [0.2, 0.25) is 0 Å². The predicted octanol–water partition coefficient (Wildman–Crippen LogP) is 5.00. The third-order valence-electron chi connectivity index (χ3n) is 4.91. The molecule has 0 saturated carbocycles. The molecule has 130 valence electrons. The van der Waals surface area contributed by atoms with E-state index < -0.39 is 0 Å². The monoisotopic (exact) mass is 362 g/mol. The molecule has 2 aliphatic heterocycles. The number of ether oxygens (including phenoxy) is 2. The Morgan fingerprint density at radius 3 is 2.69 bits per heavy atom. The first-order valence-electron chi connectivity index (χ1n) is 8.63. The second kappa shape index (κ2) is 6.18. The van der Waals surface area contributed by atoms with Crippen LogP contribution in [0.15, 0.2) is 71.1 Å². The average Bonchev–Trinajstić information content (AvgIpc) is 3.37. The van der Waals surface area contributed by atoms with Gasteiger partial charge in [0.05, 0.1) is 23.7 Å². The standard InChI is InChI=1S/C21H18N2O2S/c1-24-15-10-8-14(9-11-15)21-23-18(16-5-2-3-6-19(16)25-21)13-17(22-23)20-7-4-12-26-20/h2-12,18,21H,13H2,1H3. The molecule has 3 heterocycles. The summed E-state index contributed by atoms with van der Waals surface area (Å²) in [6.45, 7) is 0. The highest BCUT2D eigenvalue weighted by Crippen LogP contribution is 2.47. The molecule has 5 rings (SSSR count). The highest BCUT2D eigenvalue weighted by molar-refractivity contribution is 7.12. The van der Waals surface area contributed by atoms with Crippen LogP contribution in [-0.2, 0) is 0 Å².